The monoisotopic (exact) mass is 521 g/mol. The van der Waals surface area contributed by atoms with Crippen LogP contribution in [-0.2, 0) is 10.0 Å². The van der Waals surface area contributed by atoms with E-state index in [2.05, 4.69) is 15.0 Å². The number of hydrogen-bond acceptors (Lipinski definition) is 7. The van der Waals surface area contributed by atoms with Crippen molar-refractivity contribution in [1.29, 1.82) is 0 Å². The Balaban J connectivity index is 1.79. The summed E-state index contributed by atoms with van der Waals surface area (Å²) in [6, 6.07) is 11.0. The van der Waals surface area contributed by atoms with Crippen molar-refractivity contribution in [2.75, 3.05) is 16.2 Å². The molecule has 188 valence electrons. The van der Waals surface area contributed by atoms with Crippen molar-refractivity contribution in [3.05, 3.63) is 66.2 Å². The van der Waals surface area contributed by atoms with Gasteiger partial charge in [-0.3, -0.25) is 4.72 Å². The Hall–Kier alpha value is -4.00. The van der Waals surface area contributed by atoms with Gasteiger partial charge in [0.2, 0.25) is 21.9 Å². The van der Waals surface area contributed by atoms with Crippen molar-refractivity contribution < 1.29 is 30.7 Å². The highest BCUT2D eigenvalue weighted by Crippen LogP contribution is 2.42. The van der Waals surface area contributed by atoms with Crippen LogP contribution in [-0.4, -0.2) is 35.3 Å². The molecule has 2 aromatic carbocycles. The van der Waals surface area contributed by atoms with Crippen LogP contribution in [0.1, 0.15) is 12.0 Å². The molecule has 0 amide bonds. The normalized spacial score (nSPS) is 12.0. The SMILES string of the molecule is Cc1c(F)c(NS(=O)(=O)CCC(F)(F)F)c2ccccc2c1Oc1ncccc1-c1ccnc(N)n1. The number of nitrogens with zero attached hydrogens (tertiary/aromatic N) is 3. The minimum absolute atomic E-state index is 0.0251. The smallest absolute Gasteiger partial charge is 0.390 e. The van der Waals surface area contributed by atoms with Crippen molar-refractivity contribution in [3.8, 4) is 22.9 Å². The molecule has 0 aliphatic rings. The number of nitrogens with one attached hydrogen (secondary N) is 1. The van der Waals surface area contributed by atoms with Crippen LogP contribution in [0.3, 0.4) is 0 Å². The van der Waals surface area contributed by atoms with E-state index >= 15 is 4.39 Å². The highest BCUT2D eigenvalue weighted by molar-refractivity contribution is 7.92. The molecule has 0 saturated heterocycles. The summed E-state index contributed by atoms with van der Waals surface area (Å²) >= 11 is 0. The Bertz CT molecular complexity index is 1550. The van der Waals surface area contributed by atoms with E-state index in [0.717, 1.165) is 0 Å². The van der Waals surface area contributed by atoms with Gasteiger partial charge in [-0.1, -0.05) is 24.3 Å². The Kier molecular flexibility index (Phi) is 6.67. The lowest BCUT2D eigenvalue weighted by molar-refractivity contribution is -0.129. The highest BCUT2D eigenvalue weighted by atomic mass is 32.2. The minimum atomic E-state index is -4.68. The fourth-order valence-corrected chi connectivity index (χ4v) is 4.59. The molecule has 0 atom stereocenters. The fraction of sp³-hybridized carbons (Fsp3) is 0.174. The van der Waals surface area contributed by atoms with Crippen LogP contribution in [0, 0.1) is 12.7 Å². The first-order chi connectivity index (χ1) is 17.0. The molecule has 4 aromatic rings. The Morgan fingerprint density at radius 2 is 1.75 bits per heavy atom. The number of halogens is 4. The summed E-state index contributed by atoms with van der Waals surface area (Å²) in [5, 5.41) is 0.402. The lowest BCUT2D eigenvalue weighted by atomic mass is 10.0. The summed E-state index contributed by atoms with van der Waals surface area (Å²) < 4.78 is 85.8. The maximum absolute atomic E-state index is 15.5. The second-order valence-corrected chi connectivity index (χ2v) is 9.57. The molecule has 0 aliphatic carbocycles. The maximum atomic E-state index is 15.5. The van der Waals surface area contributed by atoms with Crippen LogP contribution in [0.2, 0.25) is 0 Å². The van der Waals surface area contributed by atoms with E-state index in [1.807, 2.05) is 4.72 Å². The number of anilines is 2. The number of nitrogens with two attached hydrogens (primary N) is 1. The van der Waals surface area contributed by atoms with E-state index in [0.29, 0.717) is 16.6 Å². The standard InChI is InChI=1S/C23H19F4N5O3S/c1-13-18(24)19(32-36(33,34)12-9-23(25,26)27)14-5-2-3-6-15(14)20(13)35-21-16(7-4-10-29-21)17-8-11-30-22(28)31-17/h2-8,10-11,32H,9,12H2,1H3,(H2,28,30,31). The van der Waals surface area contributed by atoms with Gasteiger partial charge in [-0.05, 0) is 25.1 Å². The molecule has 2 heterocycles. The second-order valence-electron chi connectivity index (χ2n) is 7.73. The summed E-state index contributed by atoms with van der Waals surface area (Å²) in [6.45, 7) is 1.36. The Morgan fingerprint density at radius 1 is 1.03 bits per heavy atom. The third-order valence-electron chi connectivity index (χ3n) is 5.16. The molecule has 0 saturated carbocycles. The summed E-state index contributed by atoms with van der Waals surface area (Å²) in [5.74, 6) is -2.11. The van der Waals surface area contributed by atoms with Gasteiger partial charge in [0.25, 0.3) is 0 Å². The van der Waals surface area contributed by atoms with Gasteiger partial charge in [-0.25, -0.2) is 27.8 Å². The van der Waals surface area contributed by atoms with Crippen LogP contribution < -0.4 is 15.2 Å². The first-order valence-electron chi connectivity index (χ1n) is 10.4. The number of sulfonamides is 1. The van der Waals surface area contributed by atoms with E-state index in [-0.39, 0.29) is 28.5 Å². The van der Waals surface area contributed by atoms with Crippen LogP contribution in [0.25, 0.3) is 22.0 Å². The molecule has 0 aliphatic heterocycles. The van der Waals surface area contributed by atoms with Gasteiger partial charge in [0.05, 0.1) is 29.1 Å². The van der Waals surface area contributed by atoms with Gasteiger partial charge in [0.1, 0.15) is 5.75 Å². The molecule has 0 radical (unpaired) electrons. The molecular formula is C23H19F4N5O3S. The Labute approximate surface area is 203 Å². The van der Waals surface area contributed by atoms with E-state index in [4.69, 9.17) is 10.5 Å². The average molecular weight is 521 g/mol. The van der Waals surface area contributed by atoms with Crippen molar-refractivity contribution >= 4 is 32.4 Å². The third-order valence-corrected chi connectivity index (χ3v) is 6.42. The topological polar surface area (TPSA) is 120 Å². The second kappa shape index (κ2) is 9.57. The zero-order chi connectivity index (χ0) is 26.1. The first-order valence-corrected chi connectivity index (χ1v) is 12.1. The summed E-state index contributed by atoms with van der Waals surface area (Å²) in [4.78, 5) is 12.2. The maximum Gasteiger partial charge on any atom is 0.390 e. The van der Waals surface area contributed by atoms with Crippen LogP contribution in [0.15, 0.2) is 54.9 Å². The van der Waals surface area contributed by atoms with E-state index in [9.17, 15) is 21.6 Å². The molecule has 0 spiro atoms. The van der Waals surface area contributed by atoms with Gasteiger partial charge in [0.15, 0.2) is 5.82 Å². The zero-order valence-electron chi connectivity index (χ0n) is 18.7. The summed E-state index contributed by atoms with van der Waals surface area (Å²) in [7, 11) is -4.51. The number of benzene rings is 2. The van der Waals surface area contributed by atoms with Crippen molar-refractivity contribution in [1.82, 2.24) is 15.0 Å². The lowest BCUT2D eigenvalue weighted by Crippen LogP contribution is -2.22. The number of pyridine rings is 1. The quantitative estimate of drug-likeness (QED) is 0.321. The number of ether oxygens (including phenoxy) is 1. The molecule has 8 nitrogen and oxygen atoms in total. The van der Waals surface area contributed by atoms with Gasteiger partial charge in [0, 0.05) is 28.7 Å². The molecule has 36 heavy (non-hydrogen) atoms. The van der Waals surface area contributed by atoms with Crippen LogP contribution in [0.5, 0.6) is 11.6 Å². The molecule has 0 unspecified atom stereocenters. The van der Waals surface area contributed by atoms with E-state index in [1.165, 1.54) is 31.5 Å². The number of fused-ring (bicyclic) bond motifs is 1. The minimum Gasteiger partial charge on any atom is -0.437 e. The predicted octanol–water partition coefficient (Wildman–Crippen LogP) is 5.21. The van der Waals surface area contributed by atoms with Gasteiger partial charge in [-0.15, -0.1) is 0 Å². The van der Waals surface area contributed by atoms with Crippen molar-refractivity contribution in [2.45, 2.75) is 19.5 Å². The fourth-order valence-electron chi connectivity index (χ4n) is 3.48. The number of nitrogen functional groups attached to an aromatic ring is 1. The summed E-state index contributed by atoms with van der Waals surface area (Å²) in [5.41, 5.74) is 5.97. The molecule has 0 fully saturated rings. The Morgan fingerprint density at radius 3 is 2.44 bits per heavy atom. The van der Waals surface area contributed by atoms with Crippen molar-refractivity contribution in [3.63, 3.8) is 0 Å². The van der Waals surface area contributed by atoms with Crippen molar-refractivity contribution in [2.24, 2.45) is 0 Å². The third kappa shape index (κ3) is 5.46. The molecule has 0 bridgehead atoms. The molecule has 13 heteroatoms. The molecule has 4 rings (SSSR count). The number of hydrogen-bond donors (Lipinski definition) is 2. The molecule has 2 aromatic heterocycles. The molecule has 3 N–H and O–H groups in total. The van der Waals surface area contributed by atoms with Gasteiger partial charge in [-0.2, -0.15) is 13.2 Å². The van der Waals surface area contributed by atoms with Gasteiger partial charge < -0.3 is 10.5 Å². The lowest BCUT2D eigenvalue weighted by Gasteiger charge is -2.18. The predicted molar refractivity (Wildman–Crippen MR) is 126 cm³/mol. The zero-order valence-corrected chi connectivity index (χ0v) is 19.5. The number of alkyl halides is 3. The van der Waals surface area contributed by atoms with Gasteiger partial charge >= 0.3 is 6.18 Å². The largest absolute Gasteiger partial charge is 0.437 e. The summed E-state index contributed by atoms with van der Waals surface area (Å²) in [6.07, 6.45) is -3.34. The van der Waals surface area contributed by atoms with Crippen LogP contribution >= 0.6 is 0 Å². The number of rotatable bonds is 7. The highest BCUT2D eigenvalue weighted by Gasteiger charge is 2.31. The molecular weight excluding hydrogens is 502 g/mol. The van der Waals surface area contributed by atoms with E-state index < -0.39 is 39.9 Å². The van der Waals surface area contributed by atoms with E-state index in [1.54, 1.807) is 30.3 Å². The average Bonchev–Trinajstić information content (AvgIpc) is 2.83. The van der Waals surface area contributed by atoms with Crippen LogP contribution in [0.4, 0.5) is 29.2 Å². The number of aromatic nitrogens is 3. The first kappa shape index (κ1) is 25.1.